The summed E-state index contributed by atoms with van der Waals surface area (Å²) in [7, 11) is -0.832. The number of nitrogens with one attached hydrogen (secondary N) is 1. The zero-order valence-electron chi connectivity index (χ0n) is 10.9. The van der Waals surface area contributed by atoms with Gasteiger partial charge in [0.2, 0.25) is 0 Å². The third-order valence-electron chi connectivity index (χ3n) is 2.63. The van der Waals surface area contributed by atoms with E-state index in [0.29, 0.717) is 5.56 Å². The van der Waals surface area contributed by atoms with Crippen molar-refractivity contribution in [3.8, 4) is 11.8 Å². The third-order valence-corrected chi connectivity index (χ3v) is 4.07. The molecule has 0 amide bonds. The summed E-state index contributed by atoms with van der Waals surface area (Å²) >= 11 is 0. The summed E-state index contributed by atoms with van der Waals surface area (Å²) in [5.41, 5.74) is 0.637. The van der Waals surface area contributed by atoms with Gasteiger partial charge in [-0.2, -0.15) is 18.8 Å². The first kappa shape index (κ1) is 13.9. The SMILES string of the molecule is COc1cc(C#N)ccc1NS(=O)(=O)c1ccnn1C. The molecule has 7 nitrogen and oxygen atoms in total. The number of nitrogens with zero attached hydrogens (tertiary/aromatic N) is 3. The van der Waals surface area contributed by atoms with Gasteiger partial charge in [-0.15, -0.1) is 0 Å². The third kappa shape index (κ3) is 2.57. The van der Waals surface area contributed by atoms with E-state index in [0.717, 1.165) is 0 Å². The van der Waals surface area contributed by atoms with Gasteiger partial charge in [-0.05, 0) is 18.2 Å². The van der Waals surface area contributed by atoms with Crippen molar-refractivity contribution in [1.29, 1.82) is 5.26 Å². The summed E-state index contributed by atoms with van der Waals surface area (Å²) in [6.45, 7) is 0. The van der Waals surface area contributed by atoms with Crippen molar-refractivity contribution in [2.75, 3.05) is 11.8 Å². The van der Waals surface area contributed by atoms with E-state index in [2.05, 4.69) is 9.82 Å². The molecule has 0 saturated carbocycles. The van der Waals surface area contributed by atoms with E-state index in [9.17, 15) is 8.42 Å². The van der Waals surface area contributed by atoms with Crippen LogP contribution in [-0.4, -0.2) is 25.3 Å². The summed E-state index contributed by atoms with van der Waals surface area (Å²) in [5, 5.41) is 12.7. The van der Waals surface area contributed by atoms with Gasteiger partial charge in [-0.3, -0.25) is 9.40 Å². The van der Waals surface area contributed by atoms with E-state index >= 15 is 0 Å². The highest BCUT2D eigenvalue weighted by Gasteiger charge is 2.19. The summed E-state index contributed by atoms with van der Waals surface area (Å²) in [4.78, 5) is 0. The van der Waals surface area contributed by atoms with Crippen molar-refractivity contribution in [3.05, 3.63) is 36.0 Å². The fourth-order valence-electron chi connectivity index (χ4n) is 1.67. The molecule has 8 heteroatoms. The fraction of sp³-hybridized carbons (Fsp3) is 0.167. The first-order valence-corrected chi connectivity index (χ1v) is 7.05. The molecule has 1 heterocycles. The molecule has 0 aliphatic rings. The molecule has 0 unspecified atom stereocenters. The minimum atomic E-state index is -3.77. The number of ether oxygens (including phenoxy) is 1. The van der Waals surface area contributed by atoms with Crippen LogP contribution in [0, 0.1) is 11.3 Å². The van der Waals surface area contributed by atoms with Crippen LogP contribution in [0.5, 0.6) is 5.75 Å². The maximum atomic E-state index is 12.2. The highest BCUT2D eigenvalue weighted by molar-refractivity contribution is 7.92. The van der Waals surface area contributed by atoms with E-state index < -0.39 is 10.0 Å². The average molecular weight is 292 g/mol. The molecular formula is C12H12N4O3S. The number of sulfonamides is 1. The number of hydrogen-bond donors (Lipinski definition) is 1. The lowest BCUT2D eigenvalue weighted by Crippen LogP contribution is -2.17. The monoisotopic (exact) mass is 292 g/mol. The van der Waals surface area contributed by atoms with Crippen LogP contribution in [0.1, 0.15) is 5.56 Å². The van der Waals surface area contributed by atoms with Crippen LogP contribution in [0.4, 0.5) is 5.69 Å². The predicted molar refractivity (Wildman–Crippen MR) is 71.7 cm³/mol. The van der Waals surface area contributed by atoms with E-state index in [1.54, 1.807) is 0 Å². The Morgan fingerprint density at radius 3 is 2.70 bits per heavy atom. The Labute approximate surface area is 116 Å². The second-order valence-electron chi connectivity index (χ2n) is 3.93. The van der Waals surface area contributed by atoms with E-state index in [4.69, 9.17) is 10.00 Å². The Kier molecular flexibility index (Phi) is 3.63. The van der Waals surface area contributed by atoms with Crippen molar-refractivity contribution in [3.63, 3.8) is 0 Å². The quantitative estimate of drug-likeness (QED) is 0.910. The predicted octanol–water partition coefficient (Wildman–Crippen LogP) is 1.10. The van der Waals surface area contributed by atoms with Gasteiger partial charge in [-0.1, -0.05) is 0 Å². The van der Waals surface area contributed by atoms with Gasteiger partial charge in [0.15, 0.2) is 5.03 Å². The molecule has 1 N–H and O–H groups in total. The molecule has 1 aromatic heterocycles. The Bertz CT molecular complexity index is 774. The summed E-state index contributed by atoms with van der Waals surface area (Å²) in [5.74, 6) is 0.273. The molecular weight excluding hydrogens is 280 g/mol. The molecule has 0 bridgehead atoms. The summed E-state index contributed by atoms with van der Waals surface area (Å²) < 4.78 is 33.2. The van der Waals surface area contributed by atoms with Gasteiger partial charge < -0.3 is 4.74 Å². The van der Waals surface area contributed by atoms with Crippen LogP contribution in [-0.2, 0) is 17.1 Å². The topological polar surface area (TPSA) is 97.0 Å². The maximum Gasteiger partial charge on any atom is 0.279 e. The normalized spacial score (nSPS) is 10.8. The highest BCUT2D eigenvalue weighted by Crippen LogP contribution is 2.27. The van der Waals surface area contributed by atoms with E-state index in [1.165, 1.54) is 49.3 Å². The largest absolute Gasteiger partial charge is 0.495 e. The van der Waals surface area contributed by atoms with E-state index in [1.807, 2.05) is 6.07 Å². The number of aromatic nitrogens is 2. The Balaban J connectivity index is 2.40. The molecule has 2 aromatic rings. The van der Waals surface area contributed by atoms with Gasteiger partial charge in [0.05, 0.1) is 30.6 Å². The van der Waals surface area contributed by atoms with Gasteiger partial charge >= 0.3 is 0 Å². The first-order valence-electron chi connectivity index (χ1n) is 5.57. The molecule has 20 heavy (non-hydrogen) atoms. The zero-order chi connectivity index (χ0) is 14.8. The van der Waals surface area contributed by atoms with Crippen molar-refractivity contribution < 1.29 is 13.2 Å². The molecule has 0 radical (unpaired) electrons. The lowest BCUT2D eigenvalue weighted by atomic mass is 10.2. The number of anilines is 1. The molecule has 0 fully saturated rings. The molecule has 0 atom stereocenters. The number of hydrogen-bond acceptors (Lipinski definition) is 5. The first-order chi connectivity index (χ1) is 9.47. The maximum absolute atomic E-state index is 12.2. The number of nitriles is 1. The minimum absolute atomic E-state index is 0.0314. The lowest BCUT2D eigenvalue weighted by molar-refractivity contribution is 0.416. The summed E-state index contributed by atoms with van der Waals surface area (Å²) in [6.07, 6.45) is 1.39. The molecule has 2 rings (SSSR count). The minimum Gasteiger partial charge on any atom is -0.495 e. The number of methoxy groups -OCH3 is 1. The van der Waals surface area contributed by atoms with E-state index in [-0.39, 0.29) is 16.5 Å². The highest BCUT2D eigenvalue weighted by atomic mass is 32.2. The van der Waals surface area contributed by atoms with Crippen LogP contribution < -0.4 is 9.46 Å². The second kappa shape index (κ2) is 5.22. The Morgan fingerprint density at radius 2 is 2.15 bits per heavy atom. The number of aryl methyl sites for hydroxylation is 1. The average Bonchev–Trinajstić information content (AvgIpc) is 2.86. The lowest BCUT2D eigenvalue weighted by Gasteiger charge is -2.11. The Hall–Kier alpha value is -2.53. The Morgan fingerprint density at radius 1 is 1.40 bits per heavy atom. The smallest absolute Gasteiger partial charge is 0.279 e. The summed E-state index contributed by atoms with van der Waals surface area (Å²) in [6, 6.07) is 7.78. The molecule has 0 aliphatic carbocycles. The number of rotatable bonds is 4. The standard InChI is InChI=1S/C12H12N4O3S/c1-16-12(5-6-14-16)20(17,18)15-10-4-3-9(8-13)7-11(10)19-2/h3-7,15H,1-2H3. The molecule has 104 valence electrons. The molecule has 0 spiro atoms. The van der Waals surface area contributed by atoms with Crippen LogP contribution >= 0.6 is 0 Å². The van der Waals surface area contributed by atoms with Gasteiger partial charge in [0, 0.05) is 13.1 Å². The van der Waals surface area contributed by atoms with Crippen LogP contribution in [0.25, 0.3) is 0 Å². The fourth-order valence-corrected chi connectivity index (χ4v) is 2.87. The van der Waals surface area contributed by atoms with Gasteiger partial charge in [0.1, 0.15) is 5.75 Å². The number of benzene rings is 1. The van der Waals surface area contributed by atoms with Gasteiger partial charge in [0.25, 0.3) is 10.0 Å². The molecule has 0 aliphatic heterocycles. The van der Waals surface area contributed by atoms with Crippen LogP contribution in [0.2, 0.25) is 0 Å². The second-order valence-corrected chi connectivity index (χ2v) is 5.55. The van der Waals surface area contributed by atoms with Crippen LogP contribution in [0.15, 0.2) is 35.5 Å². The molecule has 0 saturated heterocycles. The van der Waals surface area contributed by atoms with Crippen molar-refractivity contribution in [1.82, 2.24) is 9.78 Å². The zero-order valence-corrected chi connectivity index (χ0v) is 11.7. The molecule has 1 aromatic carbocycles. The van der Waals surface area contributed by atoms with Crippen molar-refractivity contribution >= 4 is 15.7 Å². The van der Waals surface area contributed by atoms with Gasteiger partial charge in [-0.25, -0.2) is 0 Å². The van der Waals surface area contributed by atoms with Crippen molar-refractivity contribution in [2.24, 2.45) is 7.05 Å². The van der Waals surface area contributed by atoms with Crippen molar-refractivity contribution in [2.45, 2.75) is 5.03 Å². The van der Waals surface area contributed by atoms with Crippen LogP contribution in [0.3, 0.4) is 0 Å².